The van der Waals surface area contributed by atoms with Crippen LogP contribution in [0.25, 0.3) is 0 Å². The molecule has 20 heavy (non-hydrogen) atoms. The quantitative estimate of drug-likeness (QED) is 0.729. The van der Waals surface area contributed by atoms with Crippen LogP contribution in [0.1, 0.15) is 32.3 Å². The first-order valence-electron chi connectivity index (χ1n) is 7.51. The monoisotopic (exact) mass is 272 g/mol. The highest BCUT2D eigenvalue weighted by molar-refractivity contribution is 5.28. The number of nitrogens with zero attached hydrogens (tertiary/aromatic N) is 2. The van der Waals surface area contributed by atoms with Gasteiger partial charge >= 0.3 is 0 Å². The van der Waals surface area contributed by atoms with Crippen LogP contribution in [-0.4, -0.2) is 30.6 Å². The van der Waals surface area contributed by atoms with Crippen molar-refractivity contribution in [1.29, 1.82) is 5.26 Å². The van der Waals surface area contributed by atoms with E-state index >= 15 is 0 Å². The Kier molecular flexibility index (Phi) is 5.43. The first kappa shape index (κ1) is 14.9. The molecule has 0 radical (unpaired) electrons. The van der Waals surface area contributed by atoms with E-state index in [1.807, 2.05) is 24.3 Å². The van der Waals surface area contributed by atoms with E-state index in [1.54, 1.807) is 0 Å². The molecule has 1 aliphatic rings. The van der Waals surface area contributed by atoms with Crippen LogP contribution < -0.4 is 4.74 Å². The molecule has 0 aliphatic heterocycles. The molecular weight excluding hydrogens is 248 g/mol. The fourth-order valence-corrected chi connectivity index (χ4v) is 2.41. The van der Waals surface area contributed by atoms with Gasteiger partial charge in [0.05, 0.1) is 12.5 Å². The minimum atomic E-state index is 0.462. The van der Waals surface area contributed by atoms with E-state index in [0.717, 1.165) is 37.1 Å². The maximum atomic E-state index is 8.63. The third kappa shape index (κ3) is 4.86. The lowest BCUT2D eigenvalue weighted by Crippen LogP contribution is -2.33. The molecule has 0 heterocycles. The Hall–Kier alpha value is -1.53. The van der Waals surface area contributed by atoms with Crippen LogP contribution in [0, 0.1) is 17.2 Å². The third-order valence-corrected chi connectivity index (χ3v) is 3.52. The molecule has 1 saturated carbocycles. The van der Waals surface area contributed by atoms with Gasteiger partial charge in [-0.3, -0.25) is 4.90 Å². The smallest absolute Gasteiger partial charge is 0.119 e. The molecular formula is C17H24N2O. The van der Waals surface area contributed by atoms with Gasteiger partial charge in [-0.05, 0) is 36.5 Å². The van der Waals surface area contributed by atoms with Gasteiger partial charge in [0.1, 0.15) is 12.4 Å². The van der Waals surface area contributed by atoms with Crippen molar-refractivity contribution >= 4 is 0 Å². The molecule has 0 amide bonds. The molecule has 3 heteroatoms. The molecule has 0 unspecified atom stereocenters. The van der Waals surface area contributed by atoms with Crippen molar-refractivity contribution in [2.24, 2.45) is 5.92 Å². The van der Waals surface area contributed by atoms with Crippen molar-refractivity contribution in [2.45, 2.75) is 39.2 Å². The predicted molar refractivity (Wildman–Crippen MR) is 80.7 cm³/mol. The minimum Gasteiger partial charge on any atom is -0.492 e. The van der Waals surface area contributed by atoms with Crippen molar-refractivity contribution in [1.82, 2.24) is 4.90 Å². The van der Waals surface area contributed by atoms with E-state index in [4.69, 9.17) is 10.00 Å². The van der Waals surface area contributed by atoms with E-state index in [9.17, 15) is 0 Å². The standard InChI is InChI=1S/C17H24N2O/c1-14(2)13-19(16-5-6-16)11-12-20-17-7-3-15(4-8-17)9-10-18/h3-4,7-8,14,16H,5-6,9,11-13H2,1-2H3. The van der Waals surface area contributed by atoms with Crippen LogP contribution in [-0.2, 0) is 6.42 Å². The molecule has 2 rings (SSSR count). The second-order valence-electron chi connectivity index (χ2n) is 5.95. The van der Waals surface area contributed by atoms with E-state index in [2.05, 4.69) is 24.8 Å². The highest BCUT2D eigenvalue weighted by atomic mass is 16.5. The molecule has 108 valence electrons. The fraction of sp³-hybridized carbons (Fsp3) is 0.588. The van der Waals surface area contributed by atoms with Gasteiger partial charge < -0.3 is 4.74 Å². The zero-order chi connectivity index (χ0) is 14.4. The van der Waals surface area contributed by atoms with E-state index in [0.29, 0.717) is 12.3 Å². The van der Waals surface area contributed by atoms with Crippen LogP contribution in [0.4, 0.5) is 0 Å². The summed E-state index contributed by atoms with van der Waals surface area (Å²) in [5, 5.41) is 8.63. The molecule has 0 atom stereocenters. The third-order valence-electron chi connectivity index (χ3n) is 3.52. The van der Waals surface area contributed by atoms with E-state index in [-0.39, 0.29) is 0 Å². The lowest BCUT2D eigenvalue weighted by atomic mass is 10.2. The summed E-state index contributed by atoms with van der Waals surface area (Å²) in [6.45, 7) is 7.44. The lowest BCUT2D eigenvalue weighted by molar-refractivity contribution is 0.185. The van der Waals surface area contributed by atoms with E-state index in [1.165, 1.54) is 12.8 Å². The Balaban J connectivity index is 1.75. The molecule has 0 N–H and O–H groups in total. The molecule has 1 aromatic carbocycles. The number of rotatable bonds is 8. The second kappa shape index (κ2) is 7.31. The molecule has 0 saturated heterocycles. The summed E-state index contributed by atoms with van der Waals surface area (Å²) in [5.74, 6) is 1.60. The normalized spacial score (nSPS) is 14.6. The van der Waals surface area contributed by atoms with Gasteiger partial charge in [0, 0.05) is 19.1 Å². The first-order chi connectivity index (χ1) is 9.69. The molecule has 1 aliphatic carbocycles. The highest BCUT2D eigenvalue weighted by Crippen LogP contribution is 2.27. The van der Waals surface area contributed by atoms with Crippen LogP contribution in [0.2, 0.25) is 0 Å². The highest BCUT2D eigenvalue weighted by Gasteiger charge is 2.28. The Bertz CT molecular complexity index is 443. The number of hydrogen-bond donors (Lipinski definition) is 0. The van der Waals surface area contributed by atoms with Gasteiger partial charge in [-0.25, -0.2) is 0 Å². The van der Waals surface area contributed by atoms with Crippen LogP contribution in [0.15, 0.2) is 24.3 Å². The minimum absolute atomic E-state index is 0.462. The van der Waals surface area contributed by atoms with Crippen LogP contribution in [0.5, 0.6) is 5.75 Å². The molecule has 0 aromatic heterocycles. The molecule has 0 bridgehead atoms. The Morgan fingerprint density at radius 2 is 2.00 bits per heavy atom. The summed E-state index contributed by atoms with van der Waals surface area (Å²) in [6, 6.07) is 10.8. The molecule has 1 fully saturated rings. The van der Waals surface area contributed by atoms with Crippen LogP contribution >= 0.6 is 0 Å². The average Bonchev–Trinajstić information content (AvgIpc) is 3.24. The summed E-state index contributed by atoms with van der Waals surface area (Å²) in [5.41, 5.74) is 1.04. The number of nitriles is 1. The molecule has 1 aromatic rings. The van der Waals surface area contributed by atoms with Crippen molar-refractivity contribution in [3.05, 3.63) is 29.8 Å². The number of ether oxygens (including phenoxy) is 1. The van der Waals surface area contributed by atoms with Crippen molar-refractivity contribution in [3.63, 3.8) is 0 Å². The Labute approximate surface area is 122 Å². The van der Waals surface area contributed by atoms with Crippen LogP contribution in [0.3, 0.4) is 0 Å². The maximum Gasteiger partial charge on any atom is 0.119 e. The van der Waals surface area contributed by atoms with Crippen molar-refractivity contribution < 1.29 is 4.74 Å². The second-order valence-corrected chi connectivity index (χ2v) is 5.95. The van der Waals surface area contributed by atoms with Gasteiger partial charge in [-0.1, -0.05) is 26.0 Å². The summed E-state index contributed by atoms with van der Waals surface area (Å²) in [7, 11) is 0. The van der Waals surface area contributed by atoms with Gasteiger partial charge in [0.15, 0.2) is 0 Å². The number of hydrogen-bond acceptors (Lipinski definition) is 3. The predicted octanol–water partition coefficient (Wildman–Crippen LogP) is 3.25. The summed E-state index contributed by atoms with van der Waals surface area (Å²) >= 11 is 0. The van der Waals surface area contributed by atoms with Gasteiger partial charge in [-0.15, -0.1) is 0 Å². The van der Waals surface area contributed by atoms with Crippen molar-refractivity contribution in [3.8, 4) is 11.8 Å². The molecule has 0 spiro atoms. The fourth-order valence-electron chi connectivity index (χ4n) is 2.41. The zero-order valence-corrected chi connectivity index (χ0v) is 12.5. The van der Waals surface area contributed by atoms with Gasteiger partial charge in [0.2, 0.25) is 0 Å². The summed E-state index contributed by atoms with van der Waals surface area (Å²) in [6.07, 6.45) is 3.15. The SMILES string of the molecule is CC(C)CN(CCOc1ccc(CC#N)cc1)C1CC1. The number of benzene rings is 1. The Morgan fingerprint density at radius 3 is 2.55 bits per heavy atom. The maximum absolute atomic E-state index is 8.63. The Morgan fingerprint density at radius 1 is 1.30 bits per heavy atom. The van der Waals surface area contributed by atoms with Crippen molar-refractivity contribution in [2.75, 3.05) is 19.7 Å². The van der Waals surface area contributed by atoms with Gasteiger partial charge in [-0.2, -0.15) is 5.26 Å². The van der Waals surface area contributed by atoms with Gasteiger partial charge in [0.25, 0.3) is 0 Å². The topological polar surface area (TPSA) is 36.3 Å². The summed E-state index contributed by atoms with van der Waals surface area (Å²) < 4.78 is 5.80. The van der Waals surface area contributed by atoms with E-state index < -0.39 is 0 Å². The zero-order valence-electron chi connectivity index (χ0n) is 12.5. The lowest BCUT2D eigenvalue weighted by Gasteiger charge is -2.23. The first-order valence-corrected chi connectivity index (χ1v) is 7.51. The molecule has 3 nitrogen and oxygen atoms in total. The summed E-state index contributed by atoms with van der Waals surface area (Å²) in [4.78, 5) is 2.55. The average molecular weight is 272 g/mol. The largest absolute Gasteiger partial charge is 0.492 e.